The maximum Gasteiger partial charge on any atom is 0.352 e. The molecule has 1 aliphatic heterocycles. The zero-order chi connectivity index (χ0) is 11.3. The van der Waals surface area contributed by atoms with Crippen molar-refractivity contribution >= 4 is 22.6 Å². The Labute approximate surface area is 90.8 Å². The lowest BCUT2D eigenvalue weighted by molar-refractivity contribution is 0.0691. The number of benzene rings is 1. The van der Waals surface area contributed by atoms with Gasteiger partial charge in [0.05, 0.1) is 17.8 Å². The maximum absolute atomic E-state index is 10.8. The number of nitrogens with one attached hydrogen (secondary N) is 1. The Kier molecular flexibility index (Phi) is 1.65. The summed E-state index contributed by atoms with van der Waals surface area (Å²) in [7, 11) is 0. The number of H-pyrrole nitrogens is 1. The van der Waals surface area contributed by atoms with Crippen molar-refractivity contribution in [3.63, 3.8) is 0 Å². The molecule has 0 atom stereocenters. The Morgan fingerprint density at radius 2 is 2.31 bits per heavy atom. The van der Waals surface area contributed by atoms with E-state index in [0.717, 1.165) is 17.4 Å². The summed E-state index contributed by atoms with van der Waals surface area (Å²) in [4.78, 5) is 13.6. The minimum absolute atomic E-state index is 0.144. The van der Waals surface area contributed by atoms with Crippen molar-refractivity contribution in [1.82, 2.24) is 4.98 Å². The molecule has 0 unspecified atom stereocenters. The van der Waals surface area contributed by atoms with Crippen molar-refractivity contribution < 1.29 is 14.6 Å². The zero-order valence-corrected chi connectivity index (χ0v) is 8.41. The van der Waals surface area contributed by atoms with Gasteiger partial charge in [-0.05, 0) is 12.1 Å². The quantitative estimate of drug-likeness (QED) is 0.631. The van der Waals surface area contributed by atoms with Gasteiger partial charge in [-0.3, -0.25) is 0 Å². The Bertz CT molecular complexity index is 601. The summed E-state index contributed by atoms with van der Waals surface area (Å²) in [5.74, 6) is -0.303. The number of carboxylic acids is 1. The largest absolute Gasteiger partial charge is 0.491 e. The molecule has 1 aromatic carbocycles. The third-order valence-electron chi connectivity index (χ3n) is 2.83. The summed E-state index contributed by atoms with van der Waals surface area (Å²) in [6.07, 6.45) is 0.822. The van der Waals surface area contributed by atoms with E-state index in [-0.39, 0.29) is 5.69 Å². The van der Waals surface area contributed by atoms with Gasteiger partial charge in [-0.2, -0.15) is 0 Å². The van der Waals surface area contributed by atoms with Gasteiger partial charge in [-0.1, -0.05) is 0 Å². The molecule has 0 radical (unpaired) electrons. The first-order valence-corrected chi connectivity index (χ1v) is 4.97. The van der Waals surface area contributed by atoms with Crippen LogP contribution in [-0.4, -0.2) is 22.7 Å². The average molecular weight is 218 g/mol. The van der Waals surface area contributed by atoms with Gasteiger partial charge in [0.25, 0.3) is 0 Å². The molecule has 16 heavy (non-hydrogen) atoms. The zero-order valence-electron chi connectivity index (χ0n) is 8.41. The fourth-order valence-corrected chi connectivity index (χ4v) is 2.08. The first-order chi connectivity index (χ1) is 7.66. The molecule has 0 saturated carbocycles. The number of aromatic nitrogens is 1. The second-order valence-corrected chi connectivity index (χ2v) is 3.83. The van der Waals surface area contributed by atoms with E-state index in [0.29, 0.717) is 23.6 Å². The predicted octanol–water partition coefficient (Wildman–Crippen LogP) is 1.38. The molecule has 2 heterocycles. The highest BCUT2D eigenvalue weighted by molar-refractivity contribution is 6.00. The molecule has 5 heteroatoms. The summed E-state index contributed by atoms with van der Waals surface area (Å²) >= 11 is 0. The maximum atomic E-state index is 10.8. The normalized spacial score (nSPS) is 13.8. The number of anilines is 1. The van der Waals surface area contributed by atoms with Gasteiger partial charge in [0.2, 0.25) is 0 Å². The second-order valence-electron chi connectivity index (χ2n) is 3.83. The molecule has 1 aromatic heterocycles. The van der Waals surface area contributed by atoms with Crippen LogP contribution in [0.5, 0.6) is 5.75 Å². The molecule has 0 bridgehead atoms. The van der Waals surface area contributed by atoms with Crippen LogP contribution in [0.15, 0.2) is 12.1 Å². The Hall–Kier alpha value is -2.17. The van der Waals surface area contributed by atoms with Crippen molar-refractivity contribution in [3.05, 3.63) is 23.4 Å². The van der Waals surface area contributed by atoms with Crippen LogP contribution in [-0.2, 0) is 6.42 Å². The minimum Gasteiger partial charge on any atom is -0.491 e. The molecular weight excluding hydrogens is 208 g/mol. The summed E-state index contributed by atoms with van der Waals surface area (Å²) in [6.45, 7) is 0.637. The van der Waals surface area contributed by atoms with Crippen molar-refractivity contribution in [3.8, 4) is 5.75 Å². The number of fused-ring (bicyclic) bond motifs is 2. The Balaban J connectivity index is 2.32. The standard InChI is InChI=1S/C11H10N2O3/c12-8-9-6(4-7(13-9)11(14)15)3-5-1-2-16-10(5)8/h3-4,13H,1-2,12H2,(H,14,15). The van der Waals surface area contributed by atoms with Gasteiger partial charge in [-0.25, -0.2) is 4.79 Å². The molecule has 0 aliphatic carbocycles. The highest BCUT2D eigenvalue weighted by Gasteiger charge is 2.20. The van der Waals surface area contributed by atoms with E-state index >= 15 is 0 Å². The molecular formula is C11H10N2O3. The number of aromatic amines is 1. The van der Waals surface area contributed by atoms with Crippen LogP contribution in [0, 0.1) is 0 Å². The Morgan fingerprint density at radius 3 is 3.06 bits per heavy atom. The molecule has 0 saturated heterocycles. The molecule has 3 rings (SSSR count). The number of nitrogen functional groups attached to an aromatic ring is 1. The van der Waals surface area contributed by atoms with Gasteiger partial charge >= 0.3 is 5.97 Å². The molecule has 2 aromatic rings. The van der Waals surface area contributed by atoms with E-state index < -0.39 is 5.97 Å². The lowest BCUT2D eigenvalue weighted by Crippen LogP contribution is -1.96. The third kappa shape index (κ3) is 1.08. The SMILES string of the molecule is Nc1c2c(cc3cc(C(=O)O)[nH]c13)CCO2. The van der Waals surface area contributed by atoms with Gasteiger partial charge in [0.1, 0.15) is 11.4 Å². The first kappa shape index (κ1) is 9.08. The smallest absolute Gasteiger partial charge is 0.352 e. The highest BCUT2D eigenvalue weighted by atomic mass is 16.5. The molecule has 1 aliphatic rings. The fourth-order valence-electron chi connectivity index (χ4n) is 2.08. The van der Waals surface area contributed by atoms with Crippen LogP contribution in [0.1, 0.15) is 16.1 Å². The second kappa shape index (κ2) is 2.91. The summed E-state index contributed by atoms with van der Waals surface area (Å²) in [5.41, 5.74) is 8.26. The highest BCUT2D eigenvalue weighted by Crippen LogP contribution is 2.37. The van der Waals surface area contributed by atoms with Crippen LogP contribution in [0.3, 0.4) is 0 Å². The average Bonchev–Trinajstić information content (AvgIpc) is 2.83. The van der Waals surface area contributed by atoms with Crippen LogP contribution in [0.2, 0.25) is 0 Å². The topological polar surface area (TPSA) is 88.3 Å². The van der Waals surface area contributed by atoms with Crippen LogP contribution >= 0.6 is 0 Å². The summed E-state index contributed by atoms with van der Waals surface area (Å²) in [6, 6.07) is 3.52. The molecule has 0 spiro atoms. The van der Waals surface area contributed by atoms with Crippen LogP contribution < -0.4 is 10.5 Å². The third-order valence-corrected chi connectivity index (χ3v) is 2.83. The van der Waals surface area contributed by atoms with Crippen LogP contribution in [0.25, 0.3) is 10.9 Å². The van der Waals surface area contributed by atoms with Gasteiger partial charge in [0.15, 0.2) is 0 Å². The van der Waals surface area contributed by atoms with Crippen molar-refractivity contribution in [2.45, 2.75) is 6.42 Å². The predicted molar refractivity (Wildman–Crippen MR) is 58.9 cm³/mol. The van der Waals surface area contributed by atoms with E-state index in [4.69, 9.17) is 15.6 Å². The number of carboxylic acid groups (broad SMARTS) is 1. The number of hydrogen-bond donors (Lipinski definition) is 3. The monoisotopic (exact) mass is 218 g/mol. The van der Waals surface area contributed by atoms with E-state index in [1.54, 1.807) is 6.07 Å². The number of nitrogens with two attached hydrogens (primary N) is 1. The van der Waals surface area contributed by atoms with Crippen molar-refractivity contribution in [2.24, 2.45) is 0 Å². The number of rotatable bonds is 1. The van der Waals surface area contributed by atoms with Gasteiger partial charge < -0.3 is 20.6 Å². The number of aromatic carboxylic acids is 1. The van der Waals surface area contributed by atoms with Crippen molar-refractivity contribution in [1.29, 1.82) is 0 Å². The van der Waals surface area contributed by atoms with E-state index in [2.05, 4.69) is 4.98 Å². The lowest BCUT2D eigenvalue weighted by Gasteiger charge is -2.04. The molecule has 5 nitrogen and oxygen atoms in total. The minimum atomic E-state index is -0.989. The van der Waals surface area contributed by atoms with Gasteiger partial charge in [0, 0.05) is 17.4 Å². The fraction of sp³-hybridized carbons (Fsp3) is 0.182. The summed E-state index contributed by atoms with van der Waals surface area (Å²) in [5, 5.41) is 9.70. The Morgan fingerprint density at radius 1 is 1.50 bits per heavy atom. The molecule has 4 N–H and O–H groups in total. The van der Waals surface area contributed by atoms with E-state index in [1.807, 2.05) is 6.07 Å². The molecule has 82 valence electrons. The number of carbonyl (C=O) groups is 1. The molecule has 0 fully saturated rings. The summed E-state index contributed by atoms with van der Waals surface area (Å²) < 4.78 is 5.41. The van der Waals surface area contributed by atoms with Crippen molar-refractivity contribution in [2.75, 3.05) is 12.3 Å². The number of ether oxygens (including phenoxy) is 1. The van der Waals surface area contributed by atoms with Gasteiger partial charge in [-0.15, -0.1) is 0 Å². The van der Waals surface area contributed by atoms with Crippen LogP contribution in [0.4, 0.5) is 5.69 Å². The molecule has 0 amide bonds. The van der Waals surface area contributed by atoms with E-state index in [1.165, 1.54) is 0 Å². The first-order valence-electron chi connectivity index (χ1n) is 4.97. The lowest BCUT2D eigenvalue weighted by atomic mass is 10.1. The number of hydrogen-bond acceptors (Lipinski definition) is 3. The van der Waals surface area contributed by atoms with E-state index in [9.17, 15) is 4.79 Å².